The molecule has 0 fully saturated rings. The lowest BCUT2D eigenvalue weighted by atomic mass is 9.99. The molecule has 0 aliphatic rings. The lowest BCUT2D eigenvalue weighted by Crippen LogP contribution is -2.23. The van der Waals surface area contributed by atoms with Crippen molar-refractivity contribution in [3.05, 3.63) is 154 Å². The van der Waals surface area contributed by atoms with E-state index in [4.69, 9.17) is 64.8 Å². The third-order valence-electron chi connectivity index (χ3n) is 9.57. The lowest BCUT2D eigenvalue weighted by Gasteiger charge is -2.19. The van der Waals surface area contributed by atoms with Gasteiger partial charge >= 0.3 is 0 Å². The van der Waals surface area contributed by atoms with Crippen molar-refractivity contribution in [2.24, 2.45) is 65.8 Å². The van der Waals surface area contributed by atoms with Crippen molar-refractivity contribution in [2.75, 3.05) is 26.2 Å². The van der Waals surface area contributed by atoms with Crippen molar-refractivity contribution in [2.45, 2.75) is 52.1 Å². The Morgan fingerprint density at radius 3 is 0.677 bits per heavy atom. The van der Waals surface area contributed by atoms with E-state index < -0.39 is 0 Å². The first-order valence-corrected chi connectivity index (χ1v) is 20.2. The van der Waals surface area contributed by atoms with E-state index in [-0.39, 0.29) is 50.3 Å². The van der Waals surface area contributed by atoms with Crippen molar-refractivity contribution in [3.8, 4) is 23.0 Å². The highest BCUT2D eigenvalue weighted by molar-refractivity contribution is 5.76. The van der Waals surface area contributed by atoms with Crippen LogP contribution < -0.4 is 64.8 Å². The molecule has 0 saturated carbocycles. The Morgan fingerprint density at radius 2 is 0.500 bits per heavy atom. The van der Waals surface area contributed by atoms with Gasteiger partial charge in [0, 0.05) is 26.2 Å². The monoisotopic (exact) mass is 842 g/mol. The highest BCUT2D eigenvalue weighted by atomic mass is 16.5. The first-order chi connectivity index (χ1) is 30.0. The molecule has 0 bridgehead atoms. The fourth-order valence-corrected chi connectivity index (χ4v) is 6.24. The molecule has 0 unspecified atom stereocenters. The SMILES string of the molecule is NC(N)=NCCc1ccc(OCc2cc(COc3ccc(CCN=C(N)N)cc3)c(COc3ccc(CCN=C(N)N)cc3)cc2COc2ccc(CCN=C(N)N)cc2)cc1. The molecule has 5 rings (SSSR count). The van der Waals surface area contributed by atoms with E-state index in [9.17, 15) is 0 Å². The summed E-state index contributed by atoms with van der Waals surface area (Å²) < 4.78 is 25.5. The number of ether oxygens (including phenoxy) is 4. The van der Waals surface area contributed by atoms with Crippen LogP contribution in [0.3, 0.4) is 0 Å². The van der Waals surface area contributed by atoms with Crippen LogP contribution in [0.4, 0.5) is 0 Å². The molecule has 16 N–H and O–H groups in total. The average Bonchev–Trinajstić information content (AvgIpc) is 3.25. The number of hydrogen-bond donors (Lipinski definition) is 8. The summed E-state index contributed by atoms with van der Waals surface area (Å²) >= 11 is 0. The van der Waals surface area contributed by atoms with Crippen LogP contribution >= 0.6 is 0 Å². The molecule has 0 amide bonds. The smallest absolute Gasteiger partial charge is 0.185 e. The van der Waals surface area contributed by atoms with Crippen LogP contribution in [-0.4, -0.2) is 50.0 Å². The zero-order valence-corrected chi connectivity index (χ0v) is 34.9. The second-order valence-corrected chi connectivity index (χ2v) is 14.3. The quantitative estimate of drug-likeness (QED) is 0.0328. The number of benzene rings is 5. The van der Waals surface area contributed by atoms with E-state index in [0.717, 1.165) is 44.5 Å². The first-order valence-electron chi connectivity index (χ1n) is 20.2. The van der Waals surface area contributed by atoms with E-state index in [1.54, 1.807) is 0 Å². The maximum atomic E-state index is 6.38. The fourth-order valence-electron chi connectivity index (χ4n) is 6.24. The van der Waals surface area contributed by atoms with Crippen LogP contribution in [0.15, 0.2) is 129 Å². The van der Waals surface area contributed by atoms with Gasteiger partial charge in [0.25, 0.3) is 0 Å². The molecule has 16 heteroatoms. The normalized spacial score (nSPS) is 10.6. The highest BCUT2D eigenvalue weighted by Gasteiger charge is 2.15. The molecule has 62 heavy (non-hydrogen) atoms. The van der Waals surface area contributed by atoms with Gasteiger partial charge in [0.05, 0.1) is 0 Å². The van der Waals surface area contributed by atoms with Crippen LogP contribution in [0.25, 0.3) is 0 Å². The largest absolute Gasteiger partial charge is 0.489 e. The fraction of sp³-hybridized carbons (Fsp3) is 0.261. The molecule has 0 spiro atoms. The zero-order valence-electron chi connectivity index (χ0n) is 34.9. The number of guanidine groups is 4. The van der Waals surface area contributed by atoms with E-state index in [1.165, 1.54) is 0 Å². The number of nitrogens with two attached hydrogens (primary N) is 8. The van der Waals surface area contributed by atoms with E-state index in [0.29, 0.717) is 74.9 Å². The summed E-state index contributed by atoms with van der Waals surface area (Å²) in [5.41, 5.74) is 52.0. The van der Waals surface area contributed by atoms with Gasteiger partial charge in [-0.15, -0.1) is 0 Å². The summed E-state index contributed by atoms with van der Waals surface area (Å²) in [5.74, 6) is 3.14. The summed E-state index contributed by atoms with van der Waals surface area (Å²) in [5, 5.41) is 0. The molecule has 5 aromatic carbocycles. The van der Waals surface area contributed by atoms with Crippen molar-refractivity contribution >= 4 is 23.8 Å². The minimum Gasteiger partial charge on any atom is -0.489 e. The summed E-state index contributed by atoms with van der Waals surface area (Å²) in [6.45, 7) is 3.11. The first kappa shape index (κ1) is 45.5. The van der Waals surface area contributed by atoms with Crippen LogP contribution in [0.5, 0.6) is 23.0 Å². The van der Waals surface area contributed by atoms with Crippen molar-refractivity contribution in [1.29, 1.82) is 0 Å². The molecule has 0 aromatic heterocycles. The van der Waals surface area contributed by atoms with E-state index in [2.05, 4.69) is 32.1 Å². The number of nitrogens with zero attached hydrogens (tertiary/aromatic N) is 4. The predicted octanol–water partition coefficient (Wildman–Crippen LogP) is 3.27. The van der Waals surface area contributed by atoms with Gasteiger partial charge < -0.3 is 64.8 Å². The van der Waals surface area contributed by atoms with Crippen molar-refractivity contribution in [1.82, 2.24) is 0 Å². The molecular formula is C46H58N12O4. The molecular weight excluding hydrogens is 785 g/mol. The van der Waals surface area contributed by atoms with Gasteiger partial charge in [0.1, 0.15) is 49.4 Å². The lowest BCUT2D eigenvalue weighted by molar-refractivity contribution is 0.275. The minimum atomic E-state index is 0.0727. The van der Waals surface area contributed by atoms with Gasteiger partial charge in [0.15, 0.2) is 23.8 Å². The summed E-state index contributed by atoms with van der Waals surface area (Å²) in [4.78, 5) is 16.3. The van der Waals surface area contributed by atoms with Gasteiger partial charge in [-0.2, -0.15) is 0 Å². The van der Waals surface area contributed by atoms with Crippen LogP contribution in [0, 0.1) is 0 Å². The number of aliphatic imine (C=N–C) groups is 4. The third-order valence-corrected chi connectivity index (χ3v) is 9.57. The number of hydrogen-bond acceptors (Lipinski definition) is 8. The van der Waals surface area contributed by atoms with Crippen molar-refractivity contribution in [3.63, 3.8) is 0 Å². The Labute approximate surface area is 362 Å². The molecule has 0 aliphatic carbocycles. The Hall–Kier alpha value is -7.62. The van der Waals surface area contributed by atoms with Gasteiger partial charge in [-0.1, -0.05) is 48.5 Å². The topological polar surface area (TPSA) is 295 Å². The molecule has 16 nitrogen and oxygen atoms in total. The molecule has 0 saturated heterocycles. The van der Waals surface area contributed by atoms with Crippen LogP contribution in [0.2, 0.25) is 0 Å². The average molecular weight is 843 g/mol. The van der Waals surface area contributed by atoms with E-state index >= 15 is 0 Å². The molecule has 326 valence electrons. The molecule has 0 aliphatic heterocycles. The zero-order chi connectivity index (χ0) is 44.1. The molecule has 5 aromatic rings. The Kier molecular flexibility index (Phi) is 17.5. The second-order valence-electron chi connectivity index (χ2n) is 14.3. The molecule has 0 atom stereocenters. The summed E-state index contributed by atoms with van der Waals surface area (Å²) in [7, 11) is 0. The Balaban J connectivity index is 1.40. The van der Waals surface area contributed by atoms with Crippen LogP contribution in [0.1, 0.15) is 44.5 Å². The summed E-state index contributed by atoms with van der Waals surface area (Å²) in [6.07, 6.45) is 2.81. The molecule has 0 radical (unpaired) electrons. The molecule has 0 heterocycles. The minimum absolute atomic E-state index is 0.0727. The highest BCUT2D eigenvalue weighted by Crippen LogP contribution is 2.26. The predicted molar refractivity (Wildman–Crippen MR) is 247 cm³/mol. The second kappa shape index (κ2) is 23.8. The van der Waals surface area contributed by atoms with E-state index in [1.807, 2.05) is 97.1 Å². The number of rotatable bonds is 24. The maximum absolute atomic E-state index is 6.38. The maximum Gasteiger partial charge on any atom is 0.185 e. The standard InChI is InChI=1S/C46H58N12O4/c47-43(48)55-21-17-31-1-9-39(10-2-31)59-27-35-25-37(29-61-41-13-5-33(6-14-41)19-23-57-45(51)52)38(30-62-42-15-7-34(8-16-42)20-24-58-46(53)54)26-36(35)28-60-40-11-3-32(4-12-40)18-22-56-44(49)50/h1-16,25-26H,17-24,27-30H2,(H4,47,48,55)(H4,49,50,56)(H4,51,52,57)(H4,53,54,58). The van der Waals surface area contributed by atoms with Gasteiger partial charge in [0.2, 0.25) is 0 Å². The Morgan fingerprint density at radius 1 is 0.306 bits per heavy atom. The van der Waals surface area contributed by atoms with Gasteiger partial charge in [-0.05, 0) is 131 Å². The van der Waals surface area contributed by atoms with Gasteiger partial charge in [-0.3, -0.25) is 20.0 Å². The van der Waals surface area contributed by atoms with Crippen molar-refractivity contribution < 1.29 is 18.9 Å². The van der Waals surface area contributed by atoms with Gasteiger partial charge in [-0.25, -0.2) is 0 Å². The Bertz CT molecular complexity index is 1940. The summed E-state index contributed by atoms with van der Waals surface area (Å²) in [6, 6.07) is 35.8. The van der Waals surface area contributed by atoms with Crippen LogP contribution in [-0.2, 0) is 52.1 Å². The third kappa shape index (κ3) is 16.2.